The number of alkyl halides is 3. The van der Waals surface area contributed by atoms with E-state index in [1.165, 1.54) is 18.6 Å². The van der Waals surface area contributed by atoms with Crippen molar-refractivity contribution in [3.63, 3.8) is 0 Å². The lowest BCUT2D eigenvalue weighted by Gasteiger charge is -2.17. The SMILES string of the molecule is NCC(n1nc2cnccn2c1=O)C(F)(F)F. The van der Waals surface area contributed by atoms with Crippen LogP contribution in [0.15, 0.2) is 23.4 Å². The summed E-state index contributed by atoms with van der Waals surface area (Å²) in [6.07, 6.45) is -0.900. The number of nitrogens with two attached hydrogens (primary N) is 1. The van der Waals surface area contributed by atoms with Gasteiger partial charge < -0.3 is 5.73 Å². The Morgan fingerprint density at radius 3 is 2.71 bits per heavy atom. The second kappa shape index (κ2) is 3.84. The van der Waals surface area contributed by atoms with E-state index in [0.717, 1.165) is 4.40 Å². The maximum absolute atomic E-state index is 12.6. The number of rotatable bonds is 2. The highest BCUT2D eigenvalue weighted by Gasteiger charge is 2.42. The summed E-state index contributed by atoms with van der Waals surface area (Å²) in [5, 5.41) is 3.55. The molecule has 0 aromatic carbocycles. The fourth-order valence-electron chi connectivity index (χ4n) is 1.43. The van der Waals surface area contributed by atoms with Crippen LogP contribution in [0, 0.1) is 0 Å². The number of aromatic nitrogens is 4. The first-order chi connectivity index (χ1) is 7.95. The minimum Gasteiger partial charge on any atom is -0.328 e. The molecular formula is C8H8F3N5O. The third-order valence-corrected chi connectivity index (χ3v) is 2.25. The Kier molecular flexibility index (Phi) is 2.62. The maximum Gasteiger partial charge on any atom is 0.412 e. The van der Waals surface area contributed by atoms with Gasteiger partial charge in [0.2, 0.25) is 0 Å². The topological polar surface area (TPSA) is 78.2 Å². The molecule has 2 N–H and O–H groups in total. The molecule has 2 heterocycles. The monoisotopic (exact) mass is 247 g/mol. The Labute approximate surface area is 92.5 Å². The zero-order valence-corrected chi connectivity index (χ0v) is 8.42. The highest BCUT2D eigenvalue weighted by molar-refractivity contribution is 5.31. The largest absolute Gasteiger partial charge is 0.412 e. The predicted molar refractivity (Wildman–Crippen MR) is 51.4 cm³/mol. The average molecular weight is 247 g/mol. The smallest absolute Gasteiger partial charge is 0.328 e. The van der Waals surface area contributed by atoms with Crippen LogP contribution < -0.4 is 11.4 Å². The molecule has 6 nitrogen and oxygen atoms in total. The van der Waals surface area contributed by atoms with Crippen molar-refractivity contribution in [1.29, 1.82) is 0 Å². The molecule has 0 aliphatic heterocycles. The molecule has 17 heavy (non-hydrogen) atoms. The van der Waals surface area contributed by atoms with E-state index in [2.05, 4.69) is 10.1 Å². The third kappa shape index (κ3) is 1.88. The van der Waals surface area contributed by atoms with E-state index in [9.17, 15) is 18.0 Å². The van der Waals surface area contributed by atoms with Gasteiger partial charge in [-0.05, 0) is 0 Å². The van der Waals surface area contributed by atoms with Crippen molar-refractivity contribution in [3.8, 4) is 0 Å². The number of fused-ring (bicyclic) bond motifs is 1. The lowest BCUT2D eigenvalue weighted by Crippen LogP contribution is -2.39. The van der Waals surface area contributed by atoms with Crippen molar-refractivity contribution >= 4 is 5.65 Å². The zero-order valence-electron chi connectivity index (χ0n) is 8.42. The van der Waals surface area contributed by atoms with Crippen LogP contribution in [-0.2, 0) is 0 Å². The summed E-state index contributed by atoms with van der Waals surface area (Å²) in [4.78, 5) is 15.3. The van der Waals surface area contributed by atoms with Crippen molar-refractivity contribution in [2.45, 2.75) is 12.2 Å². The summed E-state index contributed by atoms with van der Waals surface area (Å²) in [7, 11) is 0. The first-order valence-electron chi connectivity index (χ1n) is 4.63. The average Bonchev–Trinajstić information content (AvgIpc) is 2.56. The van der Waals surface area contributed by atoms with Gasteiger partial charge in [-0.2, -0.15) is 17.9 Å². The molecule has 0 saturated heterocycles. The fraction of sp³-hybridized carbons (Fsp3) is 0.375. The highest BCUT2D eigenvalue weighted by Crippen LogP contribution is 2.28. The summed E-state index contributed by atoms with van der Waals surface area (Å²) in [6.45, 7) is -0.749. The molecule has 0 saturated carbocycles. The molecule has 92 valence electrons. The Bertz CT molecular complexity index is 587. The Morgan fingerprint density at radius 2 is 2.18 bits per heavy atom. The normalized spacial score (nSPS) is 14.1. The molecule has 0 fully saturated rings. The number of hydrogen-bond acceptors (Lipinski definition) is 4. The quantitative estimate of drug-likeness (QED) is 0.807. The third-order valence-electron chi connectivity index (χ3n) is 2.25. The van der Waals surface area contributed by atoms with Crippen molar-refractivity contribution in [2.24, 2.45) is 5.73 Å². The number of halogens is 3. The van der Waals surface area contributed by atoms with E-state index in [0.29, 0.717) is 4.68 Å². The summed E-state index contributed by atoms with van der Waals surface area (Å²) in [5.74, 6) is 0. The molecule has 0 radical (unpaired) electrons. The fourth-order valence-corrected chi connectivity index (χ4v) is 1.43. The van der Waals surface area contributed by atoms with Crippen molar-refractivity contribution in [2.75, 3.05) is 6.54 Å². The minimum absolute atomic E-state index is 0.0419. The van der Waals surface area contributed by atoms with E-state index in [-0.39, 0.29) is 5.65 Å². The van der Waals surface area contributed by atoms with Gasteiger partial charge in [-0.25, -0.2) is 9.20 Å². The summed E-state index contributed by atoms with van der Waals surface area (Å²) >= 11 is 0. The van der Waals surface area contributed by atoms with Gasteiger partial charge in [0.15, 0.2) is 11.7 Å². The van der Waals surface area contributed by atoms with Gasteiger partial charge in [-0.15, -0.1) is 5.10 Å². The van der Waals surface area contributed by atoms with Crippen molar-refractivity contribution in [3.05, 3.63) is 29.1 Å². The second-order valence-electron chi connectivity index (χ2n) is 3.32. The first-order valence-corrected chi connectivity index (χ1v) is 4.63. The summed E-state index contributed by atoms with van der Waals surface area (Å²) < 4.78 is 39.1. The molecule has 0 bridgehead atoms. The van der Waals surface area contributed by atoms with Gasteiger partial charge in [0.1, 0.15) is 0 Å². The number of nitrogens with zero attached hydrogens (tertiary/aromatic N) is 4. The summed E-state index contributed by atoms with van der Waals surface area (Å²) in [6, 6.07) is -2.13. The molecule has 0 aliphatic rings. The van der Waals surface area contributed by atoms with Gasteiger partial charge in [0, 0.05) is 18.9 Å². The Hall–Kier alpha value is -1.90. The van der Waals surface area contributed by atoms with Crippen LogP contribution >= 0.6 is 0 Å². The van der Waals surface area contributed by atoms with Crippen LogP contribution in [0.5, 0.6) is 0 Å². The van der Waals surface area contributed by atoms with Crippen LogP contribution in [0.3, 0.4) is 0 Å². The van der Waals surface area contributed by atoms with E-state index in [1.807, 2.05) is 0 Å². The Morgan fingerprint density at radius 1 is 1.47 bits per heavy atom. The predicted octanol–water partition coefficient (Wildman–Crippen LogP) is -0.0469. The van der Waals surface area contributed by atoms with Crippen LogP contribution in [0.25, 0.3) is 5.65 Å². The van der Waals surface area contributed by atoms with Crippen LogP contribution in [-0.4, -0.2) is 31.9 Å². The maximum atomic E-state index is 12.6. The highest BCUT2D eigenvalue weighted by atomic mass is 19.4. The molecule has 1 atom stereocenters. The second-order valence-corrected chi connectivity index (χ2v) is 3.32. The molecule has 9 heteroatoms. The lowest BCUT2D eigenvalue weighted by molar-refractivity contribution is -0.168. The van der Waals surface area contributed by atoms with Gasteiger partial charge in [0.05, 0.1) is 6.20 Å². The molecule has 2 aromatic heterocycles. The molecule has 2 aromatic rings. The van der Waals surface area contributed by atoms with Gasteiger partial charge >= 0.3 is 11.9 Å². The lowest BCUT2D eigenvalue weighted by atomic mass is 10.3. The molecule has 0 aliphatic carbocycles. The molecule has 2 rings (SSSR count). The molecule has 1 unspecified atom stereocenters. The van der Waals surface area contributed by atoms with Crippen molar-refractivity contribution in [1.82, 2.24) is 19.2 Å². The minimum atomic E-state index is -4.62. The Balaban J connectivity index is 2.63. The zero-order chi connectivity index (χ0) is 12.6. The van der Waals surface area contributed by atoms with Gasteiger partial charge in [-0.3, -0.25) is 4.98 Å². The van der Waals surface area contributed by atoms with Crippen LogP contribution in [0.1, 0.15) is 6.04 Å². The van der Waals surface area contributed by atoms with E-state index < -0.39 is 24.5 Å². The van der Waals surface area contributed by atoms with Crippen molar-refractivity contribution < 1.29 is 13.2 Å². The van der Waals surface area contributed by atoms with Crippen LogP contribution in [0.2, 0.25) is 0 Å². The standard InChI is InChI=1S/C8H8F3N5O/c9-8(10,11)5(3-12)16-7(17)15-2-1-13-4-6(15)14-16/h1-2,4-5H,3,12H2. The van der Waals surface area contributed by atoms with E-state index in [4.69, 9.17) is 5.73 Å². The van der Waals surface area contributed by atoms with E-state index in [1.54, 1.807) is 0 Å². The molecule has 0 spiro atoms. The number of hydrogen-bond donors (Lipinski definition) is 1. The van der Waals surface area contributed by atoms with Gasteiger partial charge in [0.25, 0.3) is 0 Å². The van der Waals surface area contributed by atoms with Crippen LogP contribution in [0.4, 0.5) is 13.2 Å². The summed E-state index contributed by atoms with van der Waals surface area (Å²) in [5.41, 5.74) is 4.19. The first kappa shape index (κ1) is 11.6. The molecular weight excluding hydrogens is 239 g/mol. The van der Waals surface area contributed by atoms with E-state index >= 15 is 0 Å². The van der Waals surface area contributed by atoms with Gasteiger partial charge in [-0.1, -0.05) is 0 Å². The molecule has 0 amide bonds.